The molecule has 1 aliphatic rings. The Labute approximate surface area is 125 Å². The second-order valence-electron chi connectivity index (χ2n) is 6.25. The number of hydrogen-bond acceptors (Lipinski definition) is 3. The second-order valence-corrected chi connectivity index (χ2v) is 6.25. The van der Waals surface area contributed by atoms with Crippen molar-refractivity contribution in [1.29, 1.82) is 0 Å². The highest BCUT2D eigenvalue weighted by atomic mass is 19.1. The summed E-state index contributed by atoms with van der Waals surface area (Å²) in [6.07, 6.45) is 3.53. The molecule has 116 valence electrons. The van der Waals surface area contributed by atoms with Crippen LogP contribution in [0.3, 0.4) is 0 Å². The highest BCUT2D eigenvalue weighted by molar-refractivity contribution is 5.89. The zero-order valence-corrected chi connectivity index (χ0v) is 12.9. The zero-order chi connectivity index (χ0) is 15.6. The molecule has 0 aromatic heterocycles. The monoisotopic (exact) mass is 294 g/mol. The van der Waals surface area contributed by atoms with Crippen molar-refractivity contribution in [3.8, 4) is 0 Å². The molecular weight excluding hydrogens is 271 g/mol. The Hall–Kier alpha value is -1.46. The van der Waals surface area contributed by atoms with Crippen LogP contribution in [0, 0.1) is 5.82 Å². The van der Waals surface area contributed by atoms with Crippen LogP contribution in [0.5, 0.6) is 0 Å². The first-order valence-corrected chi connectivity index (χ1v) is 7.22. The normalized spacial score (nSPS) is 17.0. The summed E-state index contributed by atoms with van der Waals surface area (Å²) >= 11 is 0. The smallest absolute Gasteiger partial charge is 0.336 e. The average Bonchev–Trinajstić information content (AvgIpc) is 2.33. The molecule has 1 N–H and O–H groups in total. The van der Waals surface area contributed by atoms with Crippen LogP contribution in [0.15, 0.2) is 18.2 Å². The van der Waals surface area contributed by atoms with E-state index in [2.05, 4.69) is 23.9 Å². The third-order valence-corrected chi connectivity index (χ3v) is 4.54. The Morgan fingerprint density at radius 1 is 1.33 bits per heavy atom. The highest BCUT2D eigenvalue weighted by Gasteiger charge is 2.39. The van der Waals surface area contributed by atoms with E-state index in [1.54, 1.807) is 0 Å². The fourth-order valence-corrected chi connectivity index (χ4v) is 3.08. The molecule has 0 radical (unpaired) electrons. The van der Waals surface area contributed by atoms with Crippen molar-refractivity contribution in [3.63, 3.8) is 0 Å². The molecule has 0 atom stereocenters. The summed E-state index contributed by atoms with van der Waals surface area (Å²) in [6, 6.07) is 3.86. The molecule has 0 heterocycles. The topological polar surface area (TPSA) is 43.8 Å². The van der Waals surface area contributed by atoms with Gasteiger partial charge in [-0.05, 0) is 64.2 Å². The van der Waals surface area contributed by atoms with E-state index in [4.69, 9.17) is 0 Å². The molecule has 1 aromatic rings. The lowest BCUT2D eigenvalue weighted by Crippen LogP contribution is -2.56. The summed E-state index contributed by atoms with van der Waals surface area (Å²) in [7, 11) is 6.12. The summed E-state index contributed by atoms with van der Waals surface area (Å²) < 4.78 is 13.4. The molecule has 4 nitrogen and oxygen atoms in total. The lowest BCUT2D eigenvalue weighted by molar-refractivity contribution is 0.0257. The lowest BCUT2D eigenvalue weighted by Gasteiger charge is -2.49. The Morgan fingerprint density at radius 2 is 2.00 bits per heavy atom. The fourth-order valence-electron chi connectivity index (χ4n) is 3.08. The largest absolute Gasteiger partial charge is 0.478 e. The molecule has 0 spiro atoms. The Balaban J connectivity index is 2.11. The number of carboxylic acids is 1. The number of halogens is 1. The summed E-state index contributed by atoms with van der Waals surface area (Å²) in [5.74, 6) is -1.40. The van der Waals surface area contributed by atoms with Gasteiger partial charge in [0.05, 0.1) is 5.56 Å². The van der Waals surface area contributed by atoms with Crippen molar-refractivity contribution < 1.29 is 14.3 Å². The third kappa shape index (κ3) is 3.41. The van der Waals surface area contributed by atoms with Crippen LogP contribution in [-0.2, 0) is 6.54 Å². The number of aromatic carboxylic acids is 1. The number of benzene rings is 1. The molecule has 0 saturated heterocycles. The van der Waals surface area contributed by atoms with Gasteiger partial charge in [-0.15, -0.1) is 0 Å². The Bertz CT molecular complexity index is 527. The van der Waals surface area contributed by atoms with Crippen LogP contribution in [0.25, 0.3) is 0 Å². The maximum Gasteiger partial charge on any atom is 0.336 e. The molecular formula is C16H23FN2O2. The van der Waals surface area contributed by atoms with Crippen LogP contribution in [-0.4, -0.2) is 54.1 Å². The van der Waals surface area contributed by atoms with Crippen LogP contribution in [0.4, 0.5) is 4.39 Å². The number of rotatable bonds is 6. The van der Waals surface area contributed by atoms with Crippen LogP contribution in [0.1, 0.15) is 35.2 Å². The number of hydrogen-bond donors (Lipinski definition) is 1. The lowest BCUT2D eigenvalue weighted by atomic mass is 9.75. The highest BCUT2D eigenvalue weighted by Crippen LogP contribution is 2.36. The molecule has 1 fully saturated rings. The zero-order valence-electron chi connectivity index (χ0n) is 12.9. The van der Waals surface area contributed by atoms with Gasteiger partial charge in [-0.25, -0.2) is 9.18 Å². The Kier molecular flexibility index (Phi) is 4.64. The predicted octanol–water partition coefficient (Wildman–Crippen LogP) is 2.44. The van der Waals surface area contributed by atoms with Crippen molar-refractivity contribution in [3.05, 3.63) is 35.1 Å². The van der Waals surface area contributed by atoms with Crippen LogP contribution < -0.4 is 0 Å². The van der Waals surface area contributed by atoms with Crippen molar-refractivity contribution in [2.45, 2.75) is 31.3 Å². The molecule has 1 aliphatic carbocycles. The van der Waals surface area contributed by atoms with Gasteiger partial charge in [-0.2, -0.15) is 0 Å². The van der Waals surface area contributed by atoms with Crippen molar-refractivity contribution in [1.82, 2.24) is 9.80 Å². The first-order valence-electron chi connectivity index (χ1n) is 7.22. The maximum atomic E-state index is 13.4. The minimum atomic E-state index is -1.01. The van der Waals surface area contributed by atoms with Crippen LogP contribution >= 0.6 is 0 Å². The first-order chi connectivity index (χ1) is 9.84. The van der Waals surface area contributed by atoms with Gasteiger partial charge in [0.1, 0.15) is 5.82 Å². The van der Waals surface area contributed by atoms with E-state index in [9.17, 15) is 14.3 Å². The van der Waals surface area contributed by atoms with E-state index >= 15 is 0 Å². The van der Waals surface area contributed by atoms with E-state index in [1.165, 1.54) is 24.6 Å². The Morgan fingerprint density at radius 3 is 2.48 bits per heavy atom. The summed E-state index contributed by atoms with van der Waals surface area (Å²) in [4.78, 5) is 15.6. The molecule has 0 bridgehead atoms. The standard InChI is InChI=1S/C16H23FN2O2/c1-18(2)16(7-4-8-16)11-19(3)10-12-9-13(17)5-6-14(12)15(20)21/h5-6,9H,4,7-8,10-11H2,1-3H3,(H,20,21). The van der Waals surface area contributed by atoms with Gasteiger partial charge in [0.2, 0.25) is 0 Å². The maximum absolute atomic E-state index is 13.4. The SMILES string of the molecule is CN(Cc1cc(F)ccc1C(=O)O)CC1(N(C)C)CCC1. The number of likely N-dealkylation sites (N-methyl/N-ethyl adjacent to an activating group) is 2. The van der Waals surface area contributed by atoms with Crippen molar-refractivity contribution >= 4 is 5.97 Å². The van der Waals surface area contributed by atoms with E-state index in [1.807, 2.05) is 7.05 Å². The molecule has 2 rings (SSSR count). The summed E-state index contributed by atoms with van der Waals surface area (Å²) in [6.45, 7) is 1.30. The molecule has 0 amide bonds. The molecule has 21 heavy (non-hydrogen) atoms. The number of carboxylic acid groups (broad SMARTS) is 1. The summed E-state index contributed by atoms with van der Waals surface area (Å²) in [5, 5.41) is 9.20. The molecule has 1 aromatic carbocycles. The van der Waals surface area contributed by atoms with Gasteiger partial charge in [0.15, 0.2) is 0 Å². The van der Waals surface area contributed by atoms with Gasteiger partial charge in [0.25, 0.3) is 0 Å². The van der Waals surface area contributed by atoms with Gasteiger partial charge in [-0.1, -0.05) is 0 Å². The molecule has 0 aliphatic heterocycles. The van der Waals surface area contributed by atoms with Gasteiger partial charge in [-0.3, -0.25) is 0 Å². The van der Waals surface area contributed by atoms with E-state index in [-0.39, 0.29) is 11.1 Å². The van der Waals surface area contributed by atoms with Crippen molar-refractivity contribution in [2.24, 2.45) is 0 Å². The second kappa shape index (κ2) is 6.12. The van der Waals surface area contributed by atoms with Gasteiger partial charge < -0.3 is 14.9 Å². The average molecular weight is 294 g/mol. The summed E-state index contributed by atoms with van der Waals surface area (Å²) in [5.41, 5.74) is 0.875. The van der Waals surface area contributed by atoms with E-state index < -0.39 is 11.8 Å². The van der Waals surface area contributed by atoms with E-state index in [0.29, 0.717) is 12.1 Å². The minimum Gasteiger partial charge on any atom is -0.478 e. The predicted molar refractivity (Wildman–Crippen MR) is 80.0 cm³/mol. The number of carbonyl (C=O) groups is 1. The van der Waals surface area contributed by atoms with Crippen LogP contribution in [0.2, 0.25) is 0 Å². The molecule has 1 saturated carbocycles. The first kappa shape index (κ1) is 15.9. The third-order valence-electron chi connectivity index (χ3n) is 4.54. The van der Waals surface area contributed by atoms with E-state index in [0.717, 1.165) is 19.4 Å². The molecule has 0 unspecified atom stereocenters. The van der Waals surface area contributed by atoms with Crippen molar-refractivity contribution in [2.75, 3.05) is 27.7 Å². The number of nitrogens with zero attached hydrogens (tertiary/aromatic N) is 2. The molecule has 5 heteroatoms. The van der Waals surface area contributed by atoms with Gasteiger partial charge >= 0.3 is 5.97 Å². The van der Waals surface area contributed by atoms with Gasteiger partial charge in [0, 0.05) is 18.6 Å². The quantitative estimate of drug-likeness (QED) is 0.875. The fraction of sp³-hybridized carbons (Fsp3) is 0.562. The minimum absolute atomic E-state index is 0.172.